The Labute approximate surface area is 158 Å². The number of ether oxygens (including phenoxy) is 1. The largest absolute Gasteiger partial charge is 0.493 e. The van der Waals surface area contributed by atoms with Crippen LogP contribution in [0.1, 0.15) is 19.4 Å². The first-order chi connectivity index (χ1) is 12.9. The number of halogens is 1. The average Bonchev–Trinajstić information content (AvgIpc) is 2.63. The highest BCUT2D eigenvalue weighted by Gasteiger charge is 2.07. The number of nitrogens with one attached hydrogen (secondary N) is 3. The van der Waals surface area contributed by atoms with E-state index >= 15 is 0 Å². The first-order valence-electron chi connectivity index (χ1n) is 8.71. The second-order valence-electron chi connectivity index (χ2n) is 6.45. The minimum atomic E-state index is -0.474. The van der Waals surface area contributed by atoms with E-state index in [0.29, 0.717) is 24.8 Å². The number of hydrogen-bond donors (Lipinski definition) is 3. The van der Waals surface area contributed by atoms with Gasteiger partial charge in [0.05, 0.1) is 13.2 Å². The van der Waals surface area contributed by atoms with Gasteiger partial charge in [-0.25, -0.2) is 9.18 Å². The molecule has 3 N–H and O–H groups in total. The van der Waals surface area contributed by atoms with Gasteiger partial charge in [0.25, 0.3) is 0 Å². The summed E-state index contributed by atoms with van der Waals surface area (Å²) in [5.41, 5.74) is 1.22. The van der Waals surface area contributed by atoms with Gasteiger partial charge in [0.2, 0.25) is 5.91 Å². The third kappa shape index (κ3) is 7.77. The van der Waals surface area contributed by atoms with Gasteiger partial charge in [-0.2, -0.15) is 0 Å². The van der Waals surface area contributed by atoms with Gasteiger partial charge in [0.15, 0.2) is 0 Å². The summed E-state index contributed by atoms with van der Waals surface area (Å²) in [6.45, 7) is 4.84. The van der Waals surface area contributed by atoms with Crippen LogP contribution in [0.4, 0.5) is 14.9 Å². The Bertz CT molecular complexity index is 781. The molecule has 0 radical (unpaired) electrons. The second kappa shape index (κ2) is 10.2. The maximum atomic E-state index is 13.1. The van der Waals surface area contributed by atoms with E-state index in [1.165, 1.54) is 18.2 Å². The van der Waals surface area contributed by atoms with Crippen LogP contribution in [-0.2, 0) is 11.3 Å². The Kier molecular flexibility index (Phi) is 7.61. The van der Waals surface area contributed by atoms with Gasteiger partial charge in [0.1, 0.15) is 11.6 Å². The molecule has 0 aliphatic rings. The lowest BCUT2D eigenvalue weighted by Crippen LogP contribution is -2.39. The summed E-state index contributed by atoms with van der Waals surface area (Å²) in [4.78, 5) is 23.6. The van der Waals surface area contributed by atoms with E-state index in [4.69, 9.17) is 4.74 Å². The van der Waals surface area contributed by atoms with E-state index in [1.54, 1.807) is 6.07 Å². The zero-order valence-corrected chi connectivity index (χ0v) is 15.4. The van der Waals surface area contributed by atoms with Crippen molar-refractivity contribution in [2.24, 2.45) is 5.92 Å². The monoisotopic (exact) mass is 373 g/mol. The molecule has 0 saturated carbocycles. The summed E-state index contributed by atoms with van der Waals surface area (Å²) in [5.74, 6) is 0.284. The lowest BCUT2D eigenvalue weighted by molar-refractivity contribution is -0.115. The lowest BCUT2D eigenvalue weighted by atomic mass is 10.2. The number of carbonyl (C=O) groups excluding carboxylic acids is 2. The highest BCUT2D eigenvalue weighted by atomic mass is 19.1. The number of anilines is 1. The molecule has 0 atom stereocenters. The predicted molar refractivity (Wildman–Crippen MR) is 102 cm³/mol. The molecule has 0 bridgehead atoms. The van der Waals surface area contributed by atoms with Crippen molar-refractivity contribution < 1.29 is 18.7 Å². The number of carbonyl (C=O) groups is 2. The van der Waals surface area contributed by atoms with Crippen LogP contribution in [0.25, 0.3) is 0 Å². The molecule has 0 aromatic heterocycles. The Balaban J connectivity index is 1.73. The number of hydrogen-bond acceptors (Lipinski definition) is 3. The fourth-order valence-electron chi connectivity index (χ4n) is 2.18. The molecule has 7 heteroatoms. The number of rotatable bonds is 8. The second-order valence-corrected chi connectivity index (χ2v) is 6.45. The van der Waals surface area contributed by atoms with E-state index in [9.17, 15) is 14.0 Å². The first kappa shape index (κ1) is 20.2. The van der Waals surface area contributed by atoms with Crippen molar-refractivity contribution in [2.75, 3.05) is 18.5 Å². The van der Waals surface area contributed by atoms with Crippen molar-refractivity contribution in [3.63, 3.8) is 0 Å². The first-order valence-corrected chi connectivity index (χ1v) is 8.71. The van der Waals surface area contributed by atoms with Crippen LogP contribution in [0.15, 0.2) is 48.5 Å². The summed E-state index contributed by atoms with van der Waals surface area (Å²) in [6, 6.07) is 12.5. The van der Waals surface area contributed by atoms with Crippen LogP contribution in [0.3, 0.4) is 0 Å². The predicted octanol–water partition coefficient (Wildman–Crippen LogP) is 3.30. The van der Waals surface area contributed by atoms with Gasteiger partial charge >= 0.3 is 6.03 Å². The Morgan fingerprint density at radius 3 is 2.59 bits per heavy atom. The molecule has 2 aromatic carbocycles. The highest BCUT2D eigenvalue weighted by molar-refractivity contribution is 5.94. The Hall–Kier alpha value is -3.09. The maximum Gasteiger partial charge on any atom is 0.315 e. The summed E-state index contributed by atoms with van der Waals surface area (Å²) in [6.07, 6.45) is 0. The fraction of sp³-hybridized carbons (Fsp3) is 0.300. The van der Waals surface area contributed by atoms with Crippen LogP contribution in [0.2, 0.25) is 0 Å². The number of benzene rings is 2. The summed E-state index contributed by atoms with van der Waals surface area (Å²) >= 11 is 0. The minimum Gasteiger partial charge on any atom is -0.493 e. The van der Waals surface area contributed by atoms with Crippen molar-refractivity contribution in [1.29, 1.82) is 0 Å². The van der Waals surface area contributed by atoms with Crippen LogP contribution in [0, 0.1) is 11.7 Å². The van der Waals surface area contributed by atoms with Crippen LogP contribution < -0.4 is 20.7 Å². The van der Waals surface area contributed by atoms with Crippen molar-refractivity contribution >= 4 is 17.6 Å². The van der Waals surface area contributed by atoms with Crippen molar-refractivity contribution in [3.05, 3.63) is 59.9 Å². The zero-order valence-electron chi connectivity index (χ0n) is 15.4. The molecule has 0 saturated heterocycles. The normalized spacial score (nSPS) is 10.4. The average molecular weight is 373 g/mol. The molecule has 0 aliphatic carbocycles. The molecular weight excluding hydrogens is 349 g/mol. The van der Waals surface area contributed by atoms with Gasteiger partial charge in [-0.1, -0.05) is 32.0 Å². The summed E-state index contributed by atoms with van der Waals surface area (Å²) < 4.78 is 18.7. The molecular formula is C20H24FN3O3. The van der Waals surface area contributed by atoms with Crippen molar-refractivity contribution in [3.8, 4) is 5.75 Å². The van der Waals surface area contributed by atoms with Gasteiger partial charge in [-0.05, 0) is 41.8 Å². The van der Waals surface area contributed by atoms with Crippen LogP contribution >= 0.6 is 0 Å². The summed E-state index contributed by atoms with van der Waals surface area (Å²) in [5, 5.41) is 7.63. The fourth-order valence-corrected chi connectivity index (χ4v) is 2.18. The van der Waals surface area contributed by atoms with E-state index in [-0.39, 0.29) is 6.54 Å². The SMILES string of the molecule is CC(C)COc1cccc(CNC(=O)NCC(=O)Nc2cccc(F)c2)c1. The molecule has 2 aromatic rings. The van der Waals surface area contributed by atoms with Crippen molar-refractivity contribution in [2.45, 2.75) is 20.4 Å². The number of amides is 3. The van der Waals surface area contributed by atoms with E-state index in [0.717, 1.165) is 11.3 Å². The molecule has 0 fully saturated rings. The quantitative estimate of drug-likeness (QED) is 0.664. The molecule has 0 aliphatic heterocycles. The third-order valence-corrected chi connectivity index (χ3v) is 3.45. The molecule has 3 amide bonds. The Morgan fingerprint density at radius 2 is 1.85 bits per heavy atom. The molecule has 144 valence electrons. The topological polar surface area (TPSA) is 79.5 Å². The van der Waals surface area contributed by atoms with Gasteiger partial charge in [-0.15, -0.1) is 0 Å². The van der Waals surface area contributed by atoms with Gasteiger partial charge in [0, 0.05) is 12.2 Å². The molecule has 0 heterocycles. The maximum absolute atomic E-state index is 13.1. The standard InChI is InChI=1S/C20H24FN3O3/c1-14(2)13-27-18-8-3-5-15(9-18)11-22-20(26)23-12-19(25)24-17-7-4-6-16(21)10-17/h3-10,14H,11-13H2,1-2H3,(H,24,25)(H2,22,23,26). The van der Waals surface area contributed by atoms with E-state index < -0.39 is 17.8 Å². The Morgan fingerprint density at radius 1 is 1.07 bits per heavy atom. The van der Waals surface area contributed by atoms with E-state index in [1.807, 2.05) is 24.3 Å². The number of urea groups is 1. The van der Waals surface area contributed by atoms with Crippen LogP contribution in [0.5, 0.6) is 5.75 Å². The smallest absolute Gasteiger partial charge is 0.315 e. The van der Waals surface area contributed by atoms with Gasteiger partial charge in [-0.3, -0.25) is 4.79 Å². The third-order valence-electron chi connectivity index (χ3n) is 3.45. The minimum absolute atomic E-state index is 0.222. The molecule has 0 unspecified atom stereocenters. The van der Waals surface area contributed by atoms with Gasteiger partial charge < -0.3 is 20.7 Å². The van der Waals surface area contributed by atoms with Crippen molar-refractivity contribution in [1.82, 2.24) is 10.6 Å². The molecule has 2 rings (SSSR count). The van der Waals surface area contributed by atoms with E-state index in [2.05, 4.69) is 29.8 Å². The molecule has 0 spiro atoms. The summed E-state index contributed by atoms with van der Waals surface area (Å²) in [7, 11) is 0. The van der Waals surface area contributed by atoms with Crippen LogP contribution in [-0.4, -0.2) is 25.1 Å². The highest BCUT2D eigenvalue weighted by Crippen LogP contribution is 2.14. The molecule has 6 nitrogen and oxygen atoms in total. The zero-order chi connectivity index (χ0) is 19.6. The lowest BCUT2D eigenvalue weighted by Gasteiger charge is -2.11. The molecule has 27 heavy (non-hydrogen) atoms.